The van der Waals surface area contributed by atoms with Gasteiger partial charge in [0.15, 0.2) is 5.16 Å². The van der Waals surface area contributed by atoms with E-state index in [-0.39, 0.29) is 17.3 Å². The molecule has 0 N–H and O–H groups in total. The fourth-order valence-corrected chi connectivity index (χ4v) is 6.40. The van der Waals surface area contributed by atoms with Crippen molar-refractivity contribution in [3.63, 3.8) is 0 Å². The van der Waals surface area contributed by atoms with E-state index in [1.165, 1.54) is 16.6 Å². The van der Waals surface area contributed by atoms with Crippen LogP contribution in [0.3, 0.4) is 0 Å². The second kappa shape index (κ2) is 8.53. The van der Waals surface area contributed by atoms with E-state index >= 15 is 0 Å². The van der Waals surface area contributed by atoms with Crippen LogP contribution in [0.15, 0.2) is 34.2 Å². The third-order valence-electron chi connectivity index (χ3n) is 5.63. The van der Waals surface area contributed by atoms with Crippen LogP contribution in [0, 0.1) is 5.92 Å². The van der Waals surface area contributed by atoms with Crippen molar-refractivity contribution in [3.8, 4) is 5.69 Å². The molecule has 1 atom stereocenters. The van der Waals surface area contributed by atoms with E-state index in [2.05, 4.69) is 17.1 Å². The van der Waals surface area contributed by atoms with Gasteiger partial charge in [0.2, 0.25) is 5.78 Å². The van der Waals surface area contributed by atoms with Gasteiger partial charge in [-0.2, -0.15) is 0 Å². The highest BCUT2D eigenvalue weighted by Gasteiger charge is 2.27. The molecular formula is C22H21ClN4O3S2. The molecule has 3 aromatic heterocycles. The summed E-state index contributed by atoms with van der Waals surface area (Å²) in [4.78, 5) is 27.8. The van der Waals surface area contributed by atoms with Gasteiger partial charge in [-0.25, -0.2) is 8.97 Å². The highest BCUT2D eigenvalue weighted by Crippen LogP contribution is 2.38. The minimum Gasteiger partial charge on any atom is -0.465 e. The number of nitrogens with zero attached hydrogens (tertiary/aromatic N) is 4. The first-order valence-electron chi connectivity index (χ1n) is 10.5. The number of thiophene rings is 1. The fraction of sp³-hybridized carbons (Fsp3) is 0.364. The second-order valence-corrected chi connectivity index (χ2v) is 10.3. The maximum absolute atomic E-state index is 13.8. The number of benzene rings is 1. The van der Waals surface area contributed by atoms with Crippen LogP contribution in [-0.4, -0.2) is 37.5 Å². The Kier molecular flexibility index (Phi) is 5.73. The Morgan fingerprint density at radius 3 is 2.84 bits per heavy atom. The molecule has 0 unspecified atom stereocenters. The molecule has 0 radical (unpaired) electrons. The Labute approximate surface area is 197 Å². The van der Waals surface area contributed by atoms with Gasteiger partial charge in [0.1, 0.15) is 4.83 Å². The topological polar surface area (TPSA) is 78.5 Å². The van der Waals surface area contributed by atoms with E-state index in [9.17, 15) is 9.59 Å². The van der Waals surface area contributed by atoms with Gasteiger partial charge in [-0.3, -0.25) is 9.59 Å². The van der Waals surface area contributed by atoms with Crippen LogP contribution in [0.25, 0.3) is 21.7 Å². The summed E-state index contributed by atoms with van der Waals surface area (Å²) in [7, 11) is 0. The van der Waals surface area contributed by atoms with Gasteiger partial charge >= 0.3 is 5.97 Å². The zero-order valence-electron chi connectivity index (χ0n) is 17.6. The third-order valence-corrected chi connectivity index (χ3v) is 8.07. The lowest BCUT2D eigenvalue weighted by atomic mass is 9.89. The van der Waals surface area contributed by atoms with Crippen molar-refractivity contribution in [1.82, 2.24) is 19.2 Å². The molecule has 1 aliphatic rings. The van der Waals surface area contributed by atoms with Gasteiger partial charge in [-0.15, -0.1) is 21.5 Å². The Bertz CT molecular complexity index is 1390. The molecule has 7 nitrogen and oxygen atoms in total. The Hall–Kier alpha value is -2.36. The largest absolute Gasteiger partial charge is 0.465 e. The second-order valence-electron chi connectivity index (χ2n) is 7.86. The predicted molar refractivity (Wildman–Crippen MR) is 128 cm³/mol. The van der Waals surface area contributed by atoms with Gasteiger partial charge in [0, 0.05) is 9.90 Å². The molecule has 166 valence electrons. The average molecular weight is 489 g/mol. The molecule has 0 saturated carbocycles. The summed E-state index contributed by atoms with van der Waals surface area (Å²) in [6.07, 6.45) is 2.95. The van der Waals surface area contributed by atoms with Crippen LogP contribution < -0.4 is 5.56 Å². The fourth-order valence-electron chi connectivity index (χ4n) is 4.15. The summed E-state index contributed by atoms with van der Waals surface area (Å²) in [6, 6.07) is 7.11. The van der Waals surface area contributed by atoms with E-state index < -0.39 is 0 Å². The first-order chi connectivity index (χ1) is 15.5. The summed E-state index contributed by atoms with van der Waals surface area (Å²) >= 11 is 8.98. The molecule has 1 aliphatic carbocycles. The molecule has 5 rings (SSSR count). The minimum absolute atomic E-state index is 0.101. The lowest BCUT2D eigenvalue weighted by molar-refractivity contribution is -0.139. The highest BCUT2D eigenvalue weighted by molar-refractivity contribution is 7.99. The van der Waals surface area contributed by atoms with E-state index in [0.717, 1.165) is 35.0 Å². The Balaban J connectivity index is 1.78. The first-order valence-corrected chi connectivity index (χ1v) is 12.6. The number of carbonyl (C=O) groups excluding carboxylic acids is 1. The molecule has 0 fully saturated rings. The van der Waals surface area contributed by atoms with Crippen LogP contribution in [0.5, 0.6) is 0 Å². The summed E-state index contributed by atoms with van der Waals surface area (Å²) in [5.41, 5.74) is 1.70. The molecule has 0 aliphatic heterocycles. The van der Waals surface area contributed by atoms with Crippen LogP contribution >= 0.6 is 34.7 Å². The van der Waals surface area contributed by atoms with Crippen LogP contribution in [0.1, 0.15) is 30.7 Å². The molecule has 0 saturated heterocycles. The maximum Gasteiger partial charge on any atom is 0.316 e. The minimum atomic E-state index is -0.309. The zero-order chi connectivity index (χ0) is 22.4. The van der Waals surface area contributed by atoms with Crippen molar-refractivity contribution in [1.29, 1.82) is 0 Å². The van der Waals surface area contributed by atoms with E-state index in [1.54, 1.807) is 47.1 Å². The smallest absolute Gasteiger partial charge is 0.316 e. The van der Waals surface area contributed by atoms with Crippen molar-refractivity contribution >= 4 is 56.7 Å². The molecule has 0 amide bonds. The van der Waals surface area contributed by atoms with Crippen molar-refractivity contribution in [2.24, 2.45) is 5.92 Å². The van der Waals surface area contributed by atoms with Crippen LogP contribution in [-0.2, 0) is 22.4 Å². The number of ether oxygens (including phenoxy) is 1. The summed E-state index contributed by atoms with van der Waals surface area (Å²) < 4.78 is 8.55. The van der Waals surface area contributed by atoms with Crippen molar-refractivity contribution in [2.45, 2.75) is 38.3 Å². The summed E-state index contributed by atoms with van der Waals surface area (Å²) in [5, 5.41) is 10.6. The van der Waals surface area contributed by atoms with E-state index in [1.807, 2.05) is 4.40 Å². The molecule has 1 aromatic carbocycles. The molecule has 10 heteroatoms. The lowest BCUT2D eigenvalue weighted by Crippen LogP contribution is -2.22. The van der Waals surface area contributed by atoms with Crippen molar-refractivity contribution < 1.29 is 9.53 Å². The number of aromatic nitrogens is 4. The number of thioether (sulfide) groups is 1. The van der Waals surface area contributed by atoms with Crippen molar-refractivity contribution in [2.75, 3.05) is 12.4 Å². The first kappa shape index (κ1) is 21.5. The lowest BCUT2D eigenvalue weighted by Gasteiger charge is -2.18. The van der Waals surface area contributed by atoms with Gasteiger partial charge in [0.25, 0.3) is 5.56 Å². The standard InChI is InChI=1S/C22H21ClN4O3S2/c1-3-30-17(28)11-31-22-25-24-21-26(14-7-5-13(23)6-8-14)19(29)18-15-10-12(2)4-9-16(15)32-20(18)27(21)22/h5-8,12H,3-4,9-11H2,1-2H3/t12-/m1/s1. The number of carbonyl (C=O) groups is 1. The van der Waals surface area contributed by atoms with Gasteiger partial charge < -0.3 is 4.74 Å². The number of aryl methyl sites for hydroxylation is 1. The summed E-state index contributed by atoms with van der Waals surface area (Å²) in [6.45, 7) is 4.33. The molecule has 4 aromatic rings. The maximum atomic E-state index is 13.8. The monoisotopic (exact) mass is 488 g/mol. The molecule has 3 heterocycles. The zero-order valence-corrected chi connectivity index (χ0v) is 20.0. The van der Waals surface area contributed by atoms with Gasteiger partial charge in [-0.05, 0) is 61.9 Å². The number of hydrogen-bond donors (Lipinski definition) is 0. The van der Waals surface area contributed by atoms with Crippen LogP contribution in [0.4, 0.5) is 0 Å². The van der Waals surface area contributed by atoms with Gasteiger partial charge in [0.05, 0.1) is 23.4 Å². The molecular weight excluding hydrogens is 468 g/mol. The van der Waals surface area contributed by atoms with Gasteiger partial charge in [-0.1, -0.05) is 30.3 Å². The highest BCUT2D eigenvalue weighted by atomic mass is 35.5. The Morgan fingerprint density at radius 2 is 2.09 bits per heavy atom. The molecule has 0 bridgehead atoms. The number of halogens is 1. The quantitative estimate of drug-likeness (QED) is 0.303. The normalized spacial score (nSPS) is 15.9. The van der Waals surface area contributed by atoms with Crippen LogP contribution in [0.2, 0.25) is 5.02 Å². The number of rotatable bonds is 5. The molecule has 0 spiro atoms. The molecule has 32 heavy (non-hydrogen) atoms. The van der Waals surface area contributed by atoms with E-state index in [0.29, 0.717) is 34.2 Å². The number of hydrogen-bond acceptors (Lipinski definition) is 7. The number of esters is 1. The Morgan fingerprint density at radius 1 is 1.31 bits per heavy atom. The SMILES string of the molecule is CCOC(=O)CSc1nnc2n(-c3ccc(Cl)cc3)c(=O)c3c4c(sc3n12)CC[C@@H](C)C4. The number of fused-ring (bicyclic) bond motifs is 5. The predicted octanol–water partition coefficient (Wildman–Crippen LogP) is 4.53. The average Bonchev–Trinajstić information content (AvgIpc) is 3.35. The van der Waals surface area contributed by atoms with Crippen molar-refractivity contribution in [3.05, 3.63) is 50.1 Å². The summed E-state index contributed by atoms with van der Waals surface area (Å²) in [5.74, 6) is 0.759. The van der Waals surface area contributed by atoms with E-state index in [4.69, 9.17) is 16.3 Å². The third kappa shape index (κ3) is 3.62.